The first-order valence-corrected chi connectivity index (χ1v) is 8.00. The van der Waals surface area contributed by atoms with E-state index in [0.29, 0.717) is 6.04 Å². The van der Waals surface area contributed by atoms with Gasteiger partial charge in [0.05, 0.1) is 5.39 Å². The third-order valence-electron chi connectivity index (χ3n) is 3.35. The van der Waals surface area contributed by atoms with Crippen molar-refractivity contribution in [2.24, 2.45) is 0 Å². The predicted octanol–water partition coefficient (Wildman–Crippen LogP) is 3.82. The molecule has 0 saturated heterocycles. The fourth-order valence-electron chi connectivity index (χ4n) is 2.15. The molecule has 0 spiro atoms. The Kier molecular flexibility index (Phi) is 3.48. The molecule has 3 aromatic rings. The second kappa shape index (κ2) is 5.27. The van der Waals surface area contributed by atoms with Crippen LogP contribution in [0.1, 0.15) is 12.5 Å². The SMILES string of the molecule is CC(Cc1ccsc1)N(C)c1ncnc2sccc12. The summed E-state index contributed by atoms with van der Waals surface area (Å²) in [7, 11) is 2.11. The third kappa shape index (κ3) is 2.48. The molecule has 3 rings (SSSR count). The number of hydrogen-bond donors (Lipinski definition) is 0. The number of anilines is 1. The van der Waals surface area contributed by atoms with Crippen LogP contribution >= 0.6 is 22.7 Å². The molecule has 0 aliphatic rings. The molecule has 0 aliphatic carbocycles. The van der Waals surface area contributed by atoms with Crippen LogP contribution in [0.25, 0.3) is 10.2 Å². The van der Waals surface area contributed by atoms with Crippen molar-refractivity contribution < 1.29 is 0 Å². The van der Waals surface area contributed by atoms with Gasteiger partial charge in [0.25, 0.3) is 0 Å². The predicted molar refractivity (Wildman–Crippen MR) is 83.3 cm³/mol. The molecule has 1 atom stereocenters. The topological polar surface area (TPSA) is 29.0 Å². The van der Waals surface area contributed by atoms with Gasteiger partial charge in [0, 0.05) is 13.1 Å². The van der Waals surface area contributed by atoms with Gasteiger partial charge in [-0.3, -0.25) is 0 Å². The Bertz CT molecular complexity index is 660. The lowest BCUT2D eigenvalue weighted by Crippen LogP contribution is -2.31. The molecule has 3 heterocycles. The van der Waals surface area contributed by atoms with Crippen molar-refractivity contribution in [2.75, 3.05) is 11.9 Å². The van der Waals surface area contributed by atoms with Gasteiger partial charge in [-0.15, -0.1) is 11.3 Å². The van der Waals surface area contributed by atoms with Crippen LogP contribution in [0.3, 0.4) is 0 Å². The first kappa shape index (κ1) is 12.6. The average Bonchev–Trinajstić information content (AvgIpc) is 3.07. The van der Waals surface area contributed by atoms with E-state index in [-0.39, 0.29) is 0 Å². The van der Waals surface area contributed by atoms with Crippen LogP contribution in [0.5, 0.6) is 0 Å². The average molecular weight is 289 g/mol. The molecule has 98 valence electrons. The molecule has 5 heteroatoms. The fraction of sp³-hybridized carbons (Fsp3) is 0.286. The van der Waals surface area contributed by atoms with Crippen LogP contribution in [0, 0.1) is 0 Å². The second-order valence-electron chi connectivity index (χ2n) is 4.63. The molecule has 0 bridgehead atoms. The molecule has 1 unspecified atom stereocenters. The highest BCUT2D eigenvalue weighted by molar-refractivity contribution is 7.16. The second-order valence-corrected chi connectivity index (χ2v) is 6.31. The van der Waals surface area contributed by atoms with Gasteiger partial charge < -0.3 is 4.90 Å². The smallest absolute Gasteiger partial charge is 0.140 e. The summed E-state index contributed by atoms with van der Waals surface area (Å²) in [6, 6.07) is 4.70. The Labute approximate surface area is 120 Å². The van der Waals surface area contributed by atoms with E-state index in [1.165, 1.54) is 5.56 Å². The van der Waals surface area contributed by atoms with Crippen molar-refractivity contribution in [1.29, 1.82) is 0 Å². The van der Waals surface area contributed by atoms with Crippen LogP contribution in [-0.4, -0.2) is 23.1 Å². The number of thiophene rings is 2. The molecule has 0 radical (unpaired) electrons. The number of aromatic nitrogens is 2. The fourth-order valence-corrected chi connectivity index (χ4v) is 3.56. The van der Waals surface area contributed by atoms with Gasteiger partial charge >= 0.3 is 0 Å². The van der Waals surface area contributed by atoms with Crippen molar-refractivity contribution in [3.05, 3.63) is 40.2 Å². The highest BCUT2D eigenvalue weighted by Gasteiger charge is 2.15. The van der Waals surface area contributed by atoms with Crippen LogP contribution in [0.4, 0.5) is 5.82 Å². The monoisotopic (exact) mass is 289 g/mol. The maximum absolute atomic E-state index is 4.45. The van der Waals surface area contributed by atoms with Gasteiger partial charge in [-0.25, -0.2) is 9.97 Å². The van der Waals surface area contributed by atoms with Gasteiger partial charge in [-0.1, -0.05) is 0 Å². The molecule has 0 saturated carbocycles. The van der Waals surface area contributed by atoms with E-state index in [9.17, 15) is 0 Å². The Balaban J connectivity index is 1.86. The van der Waals surface area contributed by atoms with Crippen molar-refractivity contribution in [3.8, 4) is 0 Å². The van der Waals surface area contributed by atoms with Gasteiger partial charge in [0.15, 0.2) is 0 Å². The largest absolute Gasteiger partial charge is 0.356 e. The molecule has 0 amide bonds. The zero-order chi connectivity index (χ0) is 13.2. The van der Waals surface area contributed by atoms with Gasteiger partial charge in [0.2, 0.25) is 0 Å². The minimum atomic E-state index is 0.410. The lowest BCUT2D eigenvalue weighted by molar-refractivity contribution is 0.677. The zero-order valence-corrected chi connectivity index (χ0v) is 12.5. The molecule has 3 nitrogen and oxygen atoms in total. The minimum Gasteiger partial charge on any atom is -0.356 e. The first-order chi connectivity index (χ1) is 9.25. The molecular weight excluding hydrogens is 274 g/mol. The lowest BCUT2D eigenvalue weighted by Gasteiger charge is -2.26. The van der Waals surface area contributed by atoms with Crippen LogP contribution in [0.15, 0.2) is 34.6 Å². The van der Waals surface area contributed by atoms with Crippen molar-refractivity contribution in [1.82, 2.24) is 9.97 Å². The van der Waals surface area contributed by atoms with Crippen LogP contribution in [0.2, 0.25) is 0 Å². The first-order valence-electron chi connectivity index (χ1n) is 6.18. The molecule has 0 N–H and O–H groups in total. The summed E-state index contributed by atoms with van der Waals surface area (Å²) in [6.07, 6.45) is 2.69. The van der Waals surface area contributed by atoms with Gasteiger partial charge in [-0.2, -0.15) is 11.3 Å². The molecular formula is C14H15N3S2. The number of nitrogens with zero attached hydrogens (tertiary/aromatic N) is 3. The molecule has 0 fully saturated rings. The highest BCUT2D eigenvalue weighted by atomic mass is 32.1. The number of fused-ring (bicyclic) bond motifs is 1. The van der Waals surface area contributed by atoms with E-state index in [2.05, 4.69) is 57.1 Å². The molecule has 3 aromatic heterocycles. The van der Waals surface area contributed by atoms with E-state index >= 15 is 0 Å². The summed E-state index contributed by atoms with van der Waals surface area (Å²) < 4.78 is 0. The Morgan fingerprint density at radius 3 is 2.95 bits per heavy atom. The summed E-state index contributed by atoms with van der Waals surface area (Å²) in [6.45, 7) is 2.23. The molecule has 0 aliphatic heterocycles. The highest BCUT2D eigenvalue weighted by Crippen LogP contribution is 2.27. The Morgan fingerprint density at radius 1 is 1.26 bits per heavy atom. The minimum absolute atomic E-state index is 0.410. The maximum atomic E-state index is 4.45. The summed E-state index contributed by atoms with van der Waals surface area (Å²) >= 11 is 3.41. The summed E-state index contributed by atoms with van der Waals surface area (Å²) in [5, 5.41) is 7.56. The Hall–Kier alpha value is -1.46. The quantitative estimate of drug-likeness (QED) is 0.731. The molecule has 0 aromatic carbocycles. The van der Waals surface area contributed by atoms with Gasteiger partial charge in [0.1, 0.15) is 17.0 Å². The normalized spacial score (nSPS) is 12.7. The standard InChI is InChI=1S/C14H15N3S2/c1-10(7-11-3-5-18-8-11)17(2)13-12-4-6-19-14(12)16-9-15-13/h3-6,8-10H,7H2,1-2H3. The Morgan fingerprint density at radius 2 is 2.16 bits per heavy atom. The van der Waals surface area contributed by atoms with Crippen LogP contribution in [-0.2, 0) is 6.42 Å². The van der Waals surface area contributed by atoms with E-state index in [1.807, 2.05) is 0 Å². The van der Waals surface area contributed by atoms with Crippen LogP contribution < -0.4 is 4.90 Å². The van der Waals surface area contributed by atoms with Crippen molar-refractivity contribution in [3.63, 3.8) is 0 Å². The van der Waals surface area contributed by atoms with Crippen molar-refractivity contribution >= 4 is 38.7 Å². The number of hydrogen-bond acceptors (Lipinski definition) is 5. The molecule has 19 heavy (non-hydrogen) atoms. The van der Waals surface area contributed by atoms with Crippen molar-refractivity contribution in [2.45, 2.75) is 19.4 Å². The number of rotatable bonds is 4. The van der Waals surface area contributed by atoms with E-state index in [1.54, 1.807) is 29.0 Å². The summed E-state index contributed by atoms with van der Waals surface area (Å²) in [5.41, 5.74) is 1.39. The maximum Gasteiger partial charge on any atom is 0.140 e. The van der Waals surface area contributed by atoms with E-state index in [4.69, 9.17) is 0 Å². The summed E-state index contributed by atoms with van der Waals surface area (Å²) in [4.78, 5) is 12.1. The van der Waals surface area contributed by atoms with E-state index < -0.39 is 0 Å². The zero-order valence-electron chi connectivity index (χ0n) is 10.9. The van der Waals surface area contributed by atoms with Gasteiger partial charge in [-0.05, 0) is 47.2 Å². The van der Waals surface area contributed by atoms with E-state index in [0.717, 1.165) is 22.5 Å². The lowest BCUT2D eigenvalue weighted by atomic mass is 10.1. The third-order valence-corrected chi connectivity index (χ3v) is 4.90. The summed E-state index contributed by atoms with van der Waals surface area (Å²) in [5.74, 6) is 1.02. The number of likely N-dealkylation sites (N-methyl/N-ethyl adjacent to an activating group) is 1.